The predicted molar refractivity (Wildman–Crippen MR) is 149 cm³/mol. The maximum Gasteiger partial charge on any atom is 0.219 e. The Morgan fingerprint density at radius 3 is 2.77 bits per heavy atom. The lowest BCUT2D eigenvalue weighted by Crippen LogP contribution is -2.37. The number of benzene rings is 2. The van der Waals surface area contributed by atoms with Crippen molar-refractivity contribution in [2.75, 3.05) is 13.2 Å². The number of carbonyl (C=O) groups is 1. The quantitative estimate of drug-likeness (QED) is 0.346. The van der Waals surface area contributed by atoms with Crippen LogP contribution < -0.4 is 0 Å². The van der Waals surface area contributed by atoms with Gasteiger partial charge in [-0.25, -0.2) is 9.67 Å². The zero-order chi connectivity index (χ0) is 26.7. The van der Waals surface area contributed by atoms with E-state index in [0.717, 1.165) is 56.0 Å². The second kappa shape index (κ2) is 9.59. The Hall–Kier alpha value is -3.52. The lowest BCUT2D eigenvalue weighted by Gasteiger charge is -2.34. The summed E-state index contributed by atoms with van der Waals surface area (Å²) in [5.41, 5.74) is 7.46. The number of rotatable bonds is 5. The van der Waals surface area contributed by atoms with E-state index in [4.69, 9.17) is 19.9 Å². The minimum atomic E-state index is 0.0422. The van der Waals surface area contributed by atoms with Crippen LogP contribution in [0.1, 0.15) is 92.2 Å². The van der Waals surface area contributed by atoms with E-state index in [0.29, 0.717) is 5.92 Å². The normalized spacial score (nSPS) is 21.4. The third kappa shape index (κ3) is 4.35. The van der Waals surface area contributed by atoms with E-state index in [1.807, 2.05) is 22.8 Å². The van der Waals surface area contributed by atoms with Gasteiger partial charge in [-0.2, -0.15) is 10.2 Å². The molecule has 1 saturated carbocycles. The predicted octanol–water partition coefficient (Wildman–Crippen LogP) is 5.46. The van der Waals surface area contributed by atoms with Crippen molar-refractivity contribution in [2.45, 2.75) is 77.0 Å². The van der Waals surface area contributed by atoms with Crippen LogP contribution in [0.3, 0.4) is 0 Å². The van der Waals surface area contributed by atoms with Crippen LogP contribution in [-0.2, 0) is 29.4 Å². The first-order chi connectivity index (χ1) is 19.0. The molecule has 0 spiro atoms. The maximum absolute atomic E-state index is 12.0. The molecule has 2 aromatic carbocycles. The first-order valence-corrected chi connectivity index (χ1v) is 14.4. The Morgan fingerprint density at radius 2 is 2.00 bits per heavy atom. The van der Waals surface area contributed by atoms with E-state index < -0.39 is 0 Å². The lowest BCUT2D eigenvalue weighted by molar-refractivity contribution is -0.131. The molecule has 2 atom stereocenters. The van der Waals surface area contributed by atoms with Gasteiger partial charge in [0, 0.05) is 44.5 Å². The van der Waals surface area contributed by atoms with Gasteiger partial charge in [-0.3, -0.25) is 9.48 Å². The minimum Gasteiger partial charge on any atom is -0.356 e. The molecule has 1 amide bonds. The van der Waals surface area contributed by atoms with E-state index in [2.05, 4.69) is 41.9 Å². The molecule has 2 aromatic heterocycles. The Morgan fingerprint density at radius 1 is 1.13 bits per heavy atom. The summed E-state index contributed by atoms with van der Waals surface area (Å²) in [7, 11) is 1.99. The van der Waals surface area contributed by atoms with Gasteiger partial charge in [0.25, 0.3) is 0 Å². The van der Waals surface area contributed by atoms with Crippen LogP contribution in [0, 0.1) is 0 Å². The van der Waals surface area contributed by atoms with Crippen molar-refractivity contribution in [3.8, 4) is 11.4 Å². The molecule has 1 saturated heterocycles. The van der Waals surface area contributed by atoms with E-state index in [1.165, 1.54) is 52.4 Å². The van der Waals surface area contributed by atoms with E-state index in [9.17, 15) is 4.79 Å². The third-order valence-corrected chi connectivity index (χ3v) is 8.87. The van der Waals surface area contributed by atoms with Crippen LogP contribution in [0.2, 0.25) is 0 Å². The molecule has 0 N–H and O–H groups in total. The molecular formula is C31H36N6O2. The van der Waals surface area contributed by atoms with Gasteiger partial charge in [0.05, 0.1) is 17.8 Å². The van der Waals surface area contributed by atoms with Crippen molar-refractivity contribution in [3.63, 3.8) is 0 Å². The first kappa shape index (κ1) is 24.5. The minimum absolute atomic E-state index is 0.0422. The second-order valence-corrected chi connectivity index (χ2v) is 11.5. The fourth-order valence-corrected chi connectivity index (χ4v) is 6.61. The van der Waals surface area contributed by atoms with E-state index in [1.54, 1.807) is 6.92 Å². The van der Waals surface area contributed by atoms with Crippen molar-refractivity contribution in [1.29, 1.82) is 0 Å². The van der Waals surface area contributed by atoms with E-state index >= 15 is 0 Å². The number of amides is 1. The number of hydrogen-bond acceptors (Lipinski definition) is 5. The van der Waals surface area contributed by atoms with Gasteiger partial charge in [0.1, 0.15) is 5.82 Å². The largest absolute Gasteiger partial charge is 0.356 e. The Bertz CT molecular complexity index is 1560. The fourth-order valence-electron chi connectivity index (χ4n) is 6.61. The highest BCUT2D eigenvalue weighted by molar-refractivity contribution is 5.85. The van der Waals surface area contributed by atoms with E-state index in [-0.39, 0.29) is 18.2 Å². The molecule has 202 valence electrons. The molecule has 4 heterocycles. The number of aromatic nitrogens is 5. The molecule has 8 heteroatoms. The summed E-state index contributed by atoms with van der Waals surface area (Å²) in [6.45, 7) is 5.33. The summed E-state index contributed by atoms with van der Waals surface area (Å²) < 4.78 is 10.1. The number of hydrogen-bond donors (Lipinski definition) is 0. The molecule has 1 aliphatic carbocycles. The van der Waals surface area contributed by atoms with Crippen LogP contribution in [0.4, 0.5) is 0 Å². The van der Waals surface area contributed by atoms with Crippen molar-refractivity contribution in [1.82, 2.24) is 29.4 Å². The van der Waals surface area contributed by atoms with Crippen LogP contribution >= 0.6 is 0 Å². The summed E-state index contributed by atoms with van der Waals surface area (Å²) in [6, 6.07) is 11.0. The average molecular weight is 525 g/mol. The van der Waals surface area contributed by atoms with Crippen molar-refractivity contribution < 1.29 is 9.53 Å². The lowest BCUT2D eigenvalue weighted by atomic mass is 9.91. The molecule has 2 fully saturated rings. The van der Waals surface area contributed by atoms with Crippen molar-refractivity contribution in [2.24, 2.45) is 7.05 Å². The highest BCUT2D eigenvalue weighted by Gasteiger charge is 2.31. The van der Waals surface area contributed by atoms with Crippen molar-refractivity contribution >= 4 is 16.8 Å². The molecule has 7 rings (SSSR count). The highest BCUT2D eigenvalue weighted by Crippen LogP contribution is 2.46. The van der Waals surface area contributed by atoms with Crippen LogP contribution in [0.15, 0.2) is 36.5 Å². The van der Waals surface area contributed by atoms with Gasteiger partial charge in [0.15, 0.2) is 12.1 Å². The van der Waals surface area contributed by atoms with Gasteiger partial charge in [0.2, 0.25) is 5.91 Å². The highest BCUT2D eigenvalue weighted by atomic mass is 16.5. The molecular weight excluding hydrogens is 488 g/mol. The van der Waals surface area contributed by atoms with Crippen LogP contribution in [-0.4, -0.2) is 48.5 Å². The molecule has 3 aliphatic rings. The average Bonchev–Trinajstić information content (AvgIpc) is 3.59. The Kier molecular flexibility index (Phi) is 6.03. The zero-order valence-electron chi connectivity index (χ0n) is 23.1. The third-order valence-electron chi connectivity index (χ3n) is 8.87. The van der Waals surface area contributed by atoms with Gasteiger partial charge < -0.3 is 9.64 Å². The summed E-state index contributed by atoms with van der Waals surface area (Å²) in [5, 5.41) is 10.9. The zero-order valence-corrected chi connectivity index (χ0v) is 23.1. The summed E-state index contributed by atoms with van der Waals surface area (Å²) in [4.78, 5) is 19.0. The van der Waals surface area contributed by atoms with Crippen molar-refractivity contribution in [3.05, 3.63) is 64.6 Å². The maximum atomic E-state index is 12.0. The fraction of sp³-hybridized carbons (Fsp3) is 0.484. The molecule has 0 bridgehead atoms. The molecule has 2 unspecified atom stereocenters. The smallest absolute Gasteiger partial charge is 0.219 e. The number of aryl methyl sites for hydroxylation is 1. The SMILES string of the molecule is CC(=O)N1CCc2cc(-c3nc(Cc4ccc5c(cnn5C5CCCCO5)c4C4CC4)n(C)n3)ccc2C1C. The van der Waals surface area contributed by atoms with Gasteiger partial charge in [-0.05, 0) is 85.8 Å². The topological polar surface area (TPSA) is 78.1 Å². The first-order valence-electron chi connectivity index (χ1n) is 14.4. The summed E-state index contributed by atoms with van der Waals surface area (Å²) in [6.07, 6.45) is 9.50. The number of ether oxygens (including phenoxy) is 1. The molecule has 39 heavy (non-hydrogen) atoms. The van der Waals surface area contributed by atoms with Crippen LogP contribution in [0.5, 0.6) is 0 Å². The Labute approximate surface area is 229 Å². The Balaban J connectivity index is 1.19. The summed E-state index contributed by atoms with van der Waals surface area (Å²) >= 11 is 0. The van der Waals surface area contributed by atoms with Gasteiger partial charge in [-0.15, -0.1) is 0 Å². The standard InChI is InChI=1S/C31H36N6O2/c1-19-25-11-9-24(16-22(25)13-14-36(19)20(2)38)31-33-28(35(3)34-31)17-23-10-12-27-26(30(23)21-7-8-21)18-32-37(27)29-6-4-5-15-39-29/h9-12,16,18-19,21,29H,4-8,13-15,17H2,1-3H3. The molecule has 8 nitrogen and oxygen atoms in total. The van der Waals surface area contributed by atoms with Gasteiger partial charge in [-0.1, -0.05) is 18.2 Å². The summed E-state index contributed by atoms with van der Waals surface area (Å²) in [5.74, 6) is 2.45. The number of nitrogens with zero attached hydrogens (tertiary/aromatic N) is 6. The second-order valence-electron chi connectivity index (χ2n) is 11.5. The number of fused-ring (bicyclic) bond motifs is 2. The molecule has 0 radical (unpaired) electrons. The molecule has 2 aliphatic heterocycles. The molecule has 4 aromatic rings. The number of carbonyl (C=O) groups excluding carboxylic acids is 1. The van der Waals surface area contributed by atoms with Gasteiger partial charge >= 0.3 is 0 Å². The van der Waals surface area contributed by atoms with Crippen LogP contribution in [0.25, 0.3) is 22.3 Å². The monoisotopic (exact) mass is 524 g/mol.